The van der Waals surface area contributed by atoms with Crippen LogP contribution < -0.4 is 10.6 Å². The standard InChI is InChI=1S/C21H31FN4O/c1-4-5-10-26-11-8-17(9-12-26)25-21(23-3)24-14-20-15(2)18-13-16(22)6-7-19(18)27-20/h6-7,13,17H,4-5,8-12,14H2,1-3H3,(H2,23,24,25). The number of likely N-dealkylation sites (tertiary alicyclic amines) is 1. The number of furan rings is 1. The molecule has 0 unspecified atom stereocenters. The molecule has 2 N–H and O–H groups in total. The first-order chi connectivity index (χ1) is 13.1. The van der Waals surface area contributed by atoms with Crippen LogP contribution in [0.15, 0.2) is 27.6 Å². The van der Waals surface area contributed by atoms with Crippen molar-refractivity contribution in [2.75, 3.05) is 26.7 Å². The first kappa shape index (κ1) is 19.7. The van der Waals surface area contributed by atoms with Crippen LogP contribution in [0.4, 0.5) is 4.39 Å². The number of guanidine groups is 1. The summed E-state index contributed by atoms with van der Waals surface area (Å²) in [4.78, 5) is 6.89. The Bertz CT molecular complexity index is 778. The van der Waals surface area contributed by atoms with Gasteiger partial charge in [-0.15, -0.1) is 0 Å². The summed E-state index contributed by atoms with van der Waals surface area (Å²) in [5.41, 5.74) is 1.68. The van der Waals surface area contributed by atoms with Gasteiger partial charge < -0.3 is 20.0 Å². The van der Waals surface area contributed by atoms with Crippen LogP contribution in [0.2, 0.25) is 0 Å². The van der Waals surface area contributed by atoms with Gasteiger partial charge in [-0.3, -0.25) is 4.99 Å². The normalized spacial score (nSPS) is 16.8. The van der Waals surface area contributed by atoms with Crippen LogP contribution in [-0.4, -0.2) is 43.6 Å². The van der Waals surface area contributed by atoms with Gasteiger partial charge in [-0.1, -0.05) is 13.3 Å². The van der Waals surface area contributed by atoms with E-state index in [1.165, 1.54) is 31.5 Å². The van der Waals surface area contributed by atoms with Gasteiger partial charge in [-0.2, -0.15) is 0 Å². The fourth-order valence-electron chi connectivity index (χ4n) is 3.65. The third-order valence-electron chi connectivity index (χ3n) is 5.39. The van der Waals surface area contributed by atoms with Crippen LogP contribution in [0, 0.1) is 12.7 Å². The molecule has 2 heterocycles. The number of benzene rings is 1. The summed E-state index contributed by atoms with van der Waals surface area (Å²) in [5.74, 6) is 1.36. The minimum absolute atomic E-state index is 0.242. The molecule has 148 valence electrons. The zero-order valence-corrected chi connectivity index (χ0v) is 16.6. The third-order valence-corrected chi connectivity index (χ3v) is 5.39. The highest BCUT2D eigenvalue weighted by molar-refractivity contribution is 5.83. The molecule has 1 aliphatic heterocycles. The molecule has 1 saturated heterocycles. The molecule has 1 fully saturated rings. The van der Waals surface area contributed by atoms with E-state index >= 15 is 0 Å². The monoisotopic (exact) mass is 374 g/mol. The Kier molecular flexibility index (Phi) is 6.72. The van der Waals surface area contributed by atoms with Crippen molar-refractivity contribution in [3.8, 4) is 0 Å². The van der Waals surface area contributed by atoms with Crippen LogP contribution in [0.5, 0.6) is 0 Å². The van der Waals surface area contributed by atoms with Gasteiger partial charge >= 0.3 is 0 Å². The second-order valence-electron chi connectivity index (χ2n) is 7.33. The van der Waals surface area contributed by atoms with Crippen molar-refractivity contribution in [1.82, 2.24) is 15.5 Å². The predicted molar refractivity (Wildman–Crippen MR) is 109 cm³/mol. The second kappa shape index (κ2) is 9.22. The Morgan fingerprint density at radius 1 is 1.33 bits per heavy atom. The van der Waals surface area contributed by atoms with E-state index in [9.17, 15) is 4.39 Å². The van der Waals surface area contributed by atoms with E-state index in [4.69, 9.17) is 4.42 Å². The van der Waals surface area contributed by atoms with E-state index in [1.54, 1.807) is 13.1 Å². The second-order valence-corrected chi connectivity index (χ2v) is 7.33. The fraction of sp³-hybridized carbons (Fsp3) is 0.571. The van der Waals surface area contributed by atoms with E-state index in [-0.39, 0.29) is 5.82 Å². The molecule has 1 aromatic carbocycles. The molecule has 27 heavy (non-hydrogen) atoms. The summed E-state index contributed by atoms with van der Waals surface area (Å²) >= 11 is 0. The summed E-state index contributed by atoms with van der Waals surface area (Å²) in [7, 11) is 1.78. The lowest BCUT2D eigenvalue weighted by Crippen LogP contribution is -2.48. The smallest absolute Gasteiger partial charge is 0.191 e. The minimum Gasteiger partial charge on any atom is -0.459 e. The summed E-state index contributed by atoms with van der Waals surface area (Å²) in [6, 6.07) is 5.08. The number of aryl methyl sites for hydroxylation is 1. The van der Waals surface area contributed by atoms with Gasteiger partial charge in [0.15, 0.2) is 5.96 Å². The van der Waals surface area contributed by atoms with Gasteiger partial charge in [0.05, 0.1) is 6.54 Å². The van der Waals surface area contributed by atoms with E-state index < -0.39 is 0 Å². The number of piperidine rings is 1. The predicted octanol–water partition coefficient (Wildman–Crippen LogP) is 3.81. The lowest BCUT2D eigenvalue weighted by molar-refractivity contribution is 0.203. The number of nitrogens with one attached hydrogen (secondary N) is 2. The first-order valence-electron chi connectivity index (χ1n) is 9.97. The maximum absolute atomic E-state index is 13.5. The van der Waals surface area contributed by atoms with E-state index in [0.717, 1.165) is 48.6 Å². The molecule has 0 radical (unpaired) electrons. The Hall–Kier alpha value is -2.08. The lowest BCUT2D eigenvalue weighted by atomic mass is 10.0. The number of halogens is 1. The molecule has 0 amide bonds. The SMILES string of the molecule is CCCCN1CCC(NC(=NC)NCc2oc3ccc(F)cc3c2C)CC1. The number of hydrogen-bond acceptors (Lipinski definition) is 3. The quantitative estimate of drug-likeness (QED) is 0.596. The van der Waals surface area contributed by atoms with E-state index in [1.807, 2.05) is 6.92 Å². The van der Waals surface area contributed by atoms with Crippen molar-refractivity contribution in [1.29, 1.82) is 0 Å². The van der Waals surface area contributed by atoms with Gasteiger partial charge in [-0.25, -0.2) is 4.39 Å². The number of unbranched alkanes of at least 4 members (excludes halogenated alkanes) is 1. The summed E-state index contributed by atoms with van der Waals surface area (Å²) in [6.45, 7) is 8.22. The van der Waals surface area contributed by atoms with Crippen molar-refractivity contribution in [2.45, 2.75) is 52.1 Å². The lowest BCUT2D eigenvalue weighted by Gasteiger charge is -2.33. The Balaban J connectivity index is 1.52. The van der Waals surface area contributed by atoms with Crippen molar-refractivity contribution < 1.29 is 8.81 Å². The molecule has 2 aromatic rings. The van der Waals surface area contributed by atoms with E-state index in [2.05, 4.69) is 27.4 Å². The maximum atomic E-state index is 13.5. The zero-order valence-electron chi connectivity index (χ0n) is 16.6. The zero-order chi connectivity index (χ0) is 19.2. The Morgan fingerprint density at radius 2 is 2.11 bits per heavy atom. The number of fused-ring (bicyclic) bond motifs is 1. The highest BCUT2D eigenvalue weighted by Gasteiger charge is 2.20. The maximum Gasteiger partial charge on any atom is 0.191 e. The highest BCUT2D eigenvalue weighted by atomic mass is 19.1. The average Bonchev–Trinajstić information content (AvgIpc) is 2.99. The van der Waals surface area contributed by atoms with Crippen LogP contribution in [0.25, 0.3) is 11.0 Å². The molecule has 1 aliphatic rings. The van der Waals surface area contributed by atoms with Crippen molar-refractivity contribution in [3.05, 3.63) is 35.3 Å². The van der Waals surface area contributed by atoms with Crippen LogP contribution >= 0.6 is 0 Å². The average molecular weight is 375 g/mol. The van der Waals surface area contributed by atoms with Crippen molar-refractivity contribution in [2.24, 2.45) is 4.99 Å². The number of nitrogens with zero attached hydrogens (tertiary/aromatic N) is 2. The highest BCUT2D eigenvalue weighted by Crippen LogP contribution is 2.25. The topological polar surface area (TPSA) is 52.8 Å². The van der Waals surface area contributed by atoms with E-state index in [0.29, 0.717) is 18.2 Å². The van der Waals surface area contributed by atoms with Gasteiger partial charge in [0.2, 0.25) is 0 Å². The van der Waals surface area contributed by atoms with Gasteiger partial charge in [0.25, 0.3) is 0 Å². The molecule has 0 atom stereocenters. The molecule has 3 rings (SSSR count). The summed E-state index contributed by atoms with van der Waals surface area (Å²) in [5, 5.41) is 7.69. The van der Waals surface area contributed by atoms with Crippen LogP contribution in [0.1, 0.15) is 43.9 Å². The molecule has 0 bridgehead atoms. The van der Waals surface area contributed by atoms with Crippen molar-refractivity contribution in [3.63, 3.8) is 0 Å². The fourth-order valence-corrected chi connectivity index (χ4v) is 3.65. The van der Waals surface area contributed by atoms with Gasteiger partial charge in [-0.05, 0) is 50.9 Å². The molecule has 0 saturated carbocycles. The molecular weight excluding hydrogens is 343 g/mol. The molecule has 5 nitrogen and oxygen atoms in total. The third kappa shape index (κ3) is 5.01. The largest absolute Gasteiger partial charge is 0.459 e. The van der Waals surface area contributed by atoms with Crippen molar-refractivity contribution >= 4 is 16.9 Å². The molecule has 0 aliphatic carbocycles. The van der Waals surface area contributed by atoms with Crippen LogP contribution in [0.3, 0.4) is 0 Å². The molecular formula is C21H31FN4O. The van der Waals surface area contributed by atoms with Gasteiger partial charge in [0, 0.05) is 37.1 Å². The number of hydrogen-bond donors (Lipinski definition) is 2. The Morgan fingerprint density at radius 3 is 2.81 bits per heavy atom. The minimum atomic E-state index is -0.242. The molecule has 0 spiro atoms. The number of aliphatic imine (C=N–C) groups is 1. The van der Waals surface area contributed by atoms with Gasteiger partial charge in [0.1, 0.15) is 17.2 Å². The summed E-state index contributed by atoms with van der Waals surface area (Å²) < 4.78 is 19.3. The Labute approximate surface area is 161 Å². The van der Waals surface area contributed by atoms with Crippen LogP contribution in [-0.2, 0) is 6.54 Å². The molecule has 1 aromatic heterocycles. The molecule has 6 heteroatoms. The summed E-state index contributed by atoms with van der Waals surface area (Å²) in [6.07, 6.45) is 4.80. The number of rotatable bonds is 6. The first-order valence-corrected chi connectivity index (χ1v) is 9.97.